The summed E-state index contributed by atoms with van der Waals surface area (Å²) in [7, 11) is 1.56. The Morgan fingerprint density at radius 1 is 1.14 bits per heavy atom. The van der Waals surface area contributed by atoms with E-state index < -0.39 is 11.6 Å². The molecule has 0 radical (unpaired) electrons. The second kappa shape index (κ2) is 10.8. The van der Waals surface area contributed by atoms with Gasteiger partial charge in [0.05, 0.1) is 12.7 Å². The highest BCUT2D eigenvalue weighted by Gasteiger charge is 2.62. The number of fused-ring (bicyclic) bond motifs is 6. The summed E-state index contributed by atoms with van der Waals surface area (Å²) in [6.45, 7) is 6.74. The monoisotopic (exact) mass is 589 g/mol. The lowest BCUT2D eigenvalue weighted by molar-refractivity contribution is -0.125. The third-order valence-electron chi connectivity index (χ3n) is 11.5. The highest BCUT2D eigenvalue weighted by atomic mass is 16.6. The van der Waals surface area contributed by atoms with E-state index in [0.29, 0.717) is 46.7 Å². The number of methoxy groups -OCH3 is 1. The summed E-state index contributed by atoms with van der Waals surface area (Å²) in [4.78, 5) is 32.7. The zero-order valence-electron chi connectivity index (χ0n) is 25.5. The Balaban J connectivity index is 1.04. The van der Waals surface area contributed by atoms with Crippen LogP contribution < -0.4 is 10.1 Å². The maximum absolute atomic E-state index is 12.5. The fraction of sp³-hybridized carbons (Fsp3) is 0.559. The summed E-state index contributed by atoms with van der Waals surface area (Å²) in [5.41, 5.74) is 2.92. The zero-order valence-corrected chi connectivity index (χ0v) is 25.5. The molecule has 3 saturated carbocycles. The number of aromatic carboxylic acids is 1. The van der Waals surface area contributed by atoms with Crippen LogP contribution in [0.15, 0.2) is 47.2 Å². The summed E-state index contributed by atoms with van der Waals surface area (Å²) in [5, 5.41) is 28.6. The summed E-state index contributed by atoms with van der Waals surface area (Å²) in [6, 6.07) is 5.35. The molecular weight excluding hydrogens is 546 g/mol. The van der Waals surface area contributed by atoms with Gasteiger partial charge in [-0.25, -0.2) is 4.79 Å². The van der Waals surface area contributed by atoms with E-state index in [9.17, 15) is 19.8 Å². The van der Waals surface area contributed by atoms with Crippen molar-refractivity contribution >= 4 is 28.5 Å². The highest BCUT2D eigenvalue weighted by Crippen LogP contribution is 2.66. The Hall–Kier alpha value is -3.59. The Morgan fingerprint density at radius 2 is 1.93 bits per heavy atom. The molecule has 230 valence electrons. The summed E-state index contributed by atoms with van der Waals surface area (Å²) >= 11 is 0. The number of nitrogens with one attached hydrogen (secondary N) is 2. The van der Waals surface area contributed by atoms with Gasteiger partial charge in [-0.3, -0.25) is 4.79 Å². The standard InChI is InChI=1S/C34H43N3O6/c1-32-13-9-21(17-20(32)5-7-24-26(32)10-14-33(2)27(24)11-15-34(33,3)41)37-43-19-29(38)35-16-12-23-25-18-22(42-4)6-8-28(25)36-30(23)31(39)40/h6,8-9,13,17-18,24,26-27,36,41H,5,7,10-12,14-16,19H2,1-4H3,(H,35,38)(H,39,40)/b37-21-/t24-,26-,27-,32+,33+,34+/m1/s1. The maximum Gasteiger partial charge on any atom is 0.352 e. The molecule has 4 N–H and O–H groups in total. The van der Waals surface area contributed by atoms with Crippen LogP contribution in [-0.4, -0.2) is 58.6 Å². The van der Waals surface area contributed by atoms with Gasteiger partial charge in [0.15, 0.2) is 6.61 Å². The zero-order chi connectivity index (χ0) is 30.6. The van der Waals surface area contributed by atoms with Gasteiger partial charge in [-0.05, 0) is 111 Å². The van der Waals surface area contributed by atoms with Crippen LogP contribution in [0.1, 0.15) is 75.3 Å². The van der Waals surface area contributed by atoms with E-state index in [1.165, 1.54) is 5.57 Å². The van der Waals surface area contributed by atoms with Gasteiger partial charge in [-0.15, -0.1) is 0 Å². The average molecular weight is 590 g/mol. The number of ether oxygens (including phenoxy) is 1. The second-order valence-electron chi connectivity index (χ2n) is 13.6. The molecule has 6 rings (SSSR count). The molecule has 3 fully saturated rings. The van der Waals surface area contributed by atoms with E-state index in [1.54, 1.807) is 25.3 Å². The first kappa shape index (κ1) is 29.5. The van der Waals surface area contributed by atoms with Crippen LogP contribution in [0.2, 0.25) is 0 Å². The number of carboxylic acids is 1. The number of allylic oxidation sites excluding steroid dienone is 4. The van der Waals surface area contributed by atoms with Crippen LogP contribution in [0, 0.1) is 28.6 Å². The Kier molecular flexibility index (Phi) is 7.43. The lowest BCUT2D eigenvalue weighted by Gasteiger charge is -2.58. The van der Waals surface area contributed by atoms with Gasteiger partial charge >= 0.3 is 5.97 Å². The van der Waals surface area contributed by atoms with E-state index in [1.807, 2.05) is 13.0 Å². The summed E-state index contributed by atoms with van der Waals surface area (Å²) in [6.07, 6.45) is 13.1. The first-order valence-corrected chi connectivity index (χ1v) is 15.5. The van der Waals surface area contributed by atoms with E-state index in [2.05, 4.69) is 41.5 Å². The van der Waals surface area contributed by atoms with Crippen molar-refractivity contribution in [2.24, 2.45) is 33.7 Å². The number of oxime groups is 1. The quantitative estimate of drug-likeness (QED) is 0.305. The van der Waals surface area contributed by atoms with E-state index in [0.717, 1.165) is 43.9 Å². The predicted molar refractivity (Wildman–Crippen MR) is 164 cm³/mol. The van der Waals surface area contributed by atoms with Crippen molar-refractivity contribution in [3.8, 4) is 5.75 Å². The normalized spacial score (nSPS) is 33.8. The molecule has 0 unspecified atom stereocenters. The minimum Gasteiger partial charge on any atom is -0.497 e. The lowest BCUT2D eigenvalue weighted by Crippen LogP contribution is -2.53. The van der Waals surface area contributed by atoms with Crippen molar-refractivity contribution in [2.45, 2.75) is 71.3 Å². The van der Waals surface area contributed by atoms with Crippen LogP contribution in [0.5, 0.6) is 5.75 Å². The number of amides is 1. The third-order valence-corrected chi connectivity index (χ3v) is 11.5. The number of aromatic nitrogens is 1. The SMILES string of the molecule is COc1ccc2[nH]c(C(=O)O)c(CCNC(=O)CO/N=C3/C=C[C@@]4(C)C(=C3)CC[C@@H]3[C@H]4CC[C@@]4(C)[C@@H]3CC[C@]4(C)O)c2c1. The van der Waals surface area contributed by atoms with Crippen molar-refractivity contribution in [3.05, 3.63) is 53.3 Å². The second-order valence-corrected chi connectivity index (χ2v) is 13.6. The molecule has 1 amide bonds. The highest BCUT2D eigenvalue weighted by molar-refractivity contribution is 6.05. The number of aromatic amines is 1. The molecule has 0 spiro atoms. The maximum atomic E-state index is 12.5. The summed E-state index contributed by atoms with van der Waals surface area (Å²) in [5.74, 6) is 1.00. The molecule has 0 saturated heterocycles. The largest absolute Gasteiger partial charge is 0.497 e. The molecule has 1 aromatic heterocycles. The van der Waals surface area contributed by atoms with Gasteiger partial charge in [-0.1, -0.05) is 30.7 Å². The molecular formula is C34H43N3O6. The molecule has 1 aromatic carbocycles. The van der Waals surface area contributed by atoms with Crippen LogP contribution >= 0.6 is 0 Å². The predicted octanol–water partition coefficient (Wildman–Crippen LogP) is 5.40. The fourth-order valence-electron chi connectivity index (χ4n) is 8.85. The number of hydrogen-bond acceptors (Lipinski definition) is 6. The van der Waals surface area contributed by atoms with Crippen LogP contribution in [0.4, 0.5) is 0 Å². The van der Waals surface area contributed by atoms with Gasteiger partial charge in [0.1, 0.15) is 17.2 Å². The number of aliphatic hydroxyl groups is 1. The number of carboxylic acid groups (broad SMARTS) is 1. The molecule has 6 atom stereocenters. The van der Waals surface area contributed by atoms with E-state index in [-0.39, 0.29) is 35.6 Å². The molecule has 0 aliphatic heterocycles. The van der Waals surface area contributed by atoms with E-state index in [4.69, 9.17) is 9.57 Å². The molecule has 9 nitrogen and oxygen atoms in total. The Morgan fingerprint density at radius 3 is 2.70 bits per heavy atom. The van der Waals surface area contributed by atoms with Crippen molar-refractivity contribution in [3.63, 3.8) is 0 Å². The van der Waals surface area contributed by atoms with Gasteiger partial charge in [0.2, 0.25) is 0 Å². The number of hydrogen-bond donors (Lipinski definition) is 4. The molecule has 0 bridgehead atoms. The number of carbonyl (C=O) groups is 2. The topological polar surface area (TPSA) is 133 Å². The van der Waals surface area contributed by atoms with Gasteiger partial charge in [-0.2, -0.15) is 0 Å². The first-order chi connectivity index (χ1) is 20.5. The number of benzene rings is 1. The summed E-state index contributed by atoms with van der Waals surface area (Å²) < 4.78 is 5.29. The number of rotatable bonds is 8. The lowest BCUT2D eigenvalue weighted by atomic mass is 9.47. The van der Waals surface area contributed by atoms with Crippen molar-refractivity contribution < 1.29 is 29.4 Å². The number of carbonyl (C=O) groups excluding carboxylic acids is 1. The number of H-pyrrole nitrogens is 1. The molecule has 43 heavy (non-hydrogen) atoms. The third kappa shape index (κ3) is 4.95. The Labute approximate surface area is 252 Å². The average Bonchev–Trinajstić information content (AvgIpc) is 3.46. The Bertz CT molecular complexity index is 1540. The van der Waals surface area contributed by atoms with Crippen molar-refractivity contribution in [1.82, 2.24) is 10.3 Å². The van der Waals surface area contributed by atoms with Crippen LogP contribution in [0.3, 0.4) is 0 Å². The molecule has 4 aliphatic carbocycles. The van der Waals surface area contributed by atoms with E-state index >= 15 is 0 Å². The minimum atomic E-state index is -1.05. The molecule has 9 heteroatoms. The minimum absolute atomic E-state index is 0.00662. The fourth-order valence-corrected chi connectivity index (χ4v) is 8.85. The molecule has 4 aliphatic rings. The van der Waals surface area contributed by atoms with Gasteiger partial charge in [0, 0.05) is 22.9 Å². The van der Waals surface area contributed by atoms with Crippen LogP contribution in [-0.2, 0) is 16.1 Å². The molecule has 1 heterocycles. The van der Waals surface area contributed by atoms with Crippen molar-refractivity contribution in [1.29, 1.82) is 0 Å². The van der Waals surface area contributed by atoms with Gasteiger partial charge < -0.3 is 30.1 Å². The molecule has 2 aromatic rings. The van der Waals surface area contributed by atoms with Crippen molar-refractivity contribution in [2.75, 3.05) is 20.3 Å². The van der Waals surface area contributed by atoms with Gasteiger partial charge in [0.25, 0.3) is 5.91 Å². The first-order valence-electron chi connectivity index (χ1n) is 15.5. The smallest absolute Gasteiger partial charge is 0.352 e. The van der Waals surface area contributed by atoms with Crippen LogP contribution in [0.25, 0.3) is 10.9 Å². The number of nitrogens with zero attached hydrogens (tertiary/aromatic N) is 1.